The van der Waals surface area contributed by atoms with Crippen LogP contribution in [0.25, 0.3) is 0 Å². The smallest absolute Gasteiger partial charge is 0.325 e. The van der Waals surface area contributed by atoms with Crippen LogP contribution in [0.4, 0.5) is 4.79 Å². The van der Waals surface area contributed by atoms with Crippen molar-refractivity contribution < 1.29 is 29.0 Å². The summed E-state index contributed by atoms with van der Waals surface area (Å²) in [4.78, 5) is 38.7. The molecular weight excluding hydrogens is 392 g/mol. The Kier molecular flexibility index (Phi) is 10.9. The third kappa shape index (κ3) is 8.45. The molecule has 2 saturated heterocycles. The molecule has 172 valence electrons. The molecule has 2 fully saturated rings. The van der Waals surface area contributed by atoms with Crippen molar-refractivity contribution in [2.75, 3.05) is 65.6 Å². The monoisotopic (exact) mass is 428 g/mol. The molecule has 3 N–H and O–H groups in total. The summed E-state index contributed by atoms with van der Waals surface area (Å²) in [6, 6.07) is -0.195. The van der Waals surface area contributed by atoms with Crippen molar-refractivity contribution in [2.45, 2.75) is 38.7 Å². The number of piperidine rings is 2. The third-order valence-electron chi connectivity index (χ3n) is 5.53. The molecule has 2 rings (SSSR count). The normalized spacial score (nSPS) is 18.1. The summed E-state index contributed by atoms with van der Waals surface area (Å²) in [6.45, 7) is 5.45. The van der Waals surface area contributed by atoms with Gasteiger partial charge in [0.05, 0.1) is 12.7 Å². The highest BCUT2D eigenvalue weighted by Gasteiger charge is 2.25. The lowest BCUT2D eigenvalue weighted by Gasteiger charge is -2.33. The number of nitrogens with one attached hydrogen (secondary N) is 2. The molecule has 0 radical (unpaired) electrons. The first kappa shape index (κ1) is 24.4. The van der Waals surface area contributed by atoms with Crippen LogP contribution >= 0.6 is 0 Å². The summed E-state index contributed by atoms with van der Waals surface area (Å²) in [5.41, 5.74) is 0. The molecule has 0 aromatic rings. The second-order valence-corrected chi connectivity index (χ2v) is 7.72. The topological polar surface area (TPSA) is 120 Å². The highest BCUT2D eigenvalue weighted by Crippen LogP contribution is 2.18. The number of hydrogen-bond acceptors (Lipinski definition) is 7. The molecule has 0 aliphatic carbocycles. The highest BCUT2D eigenvalue weighted by molar-refractivity contribution is 5.82. The Hall–Kier alpha value is -1.91. The lowest BCUT2D eigenvalue weighted by Crippen LogP contribution is -2.49. The number of amides is 3. The molecule has 0 saturated carbocycles. The van der Waals surface area contributed by atoms with Gasteiger partial charge in [0.25, 0.3) is 0 Å². The van der Waals surface area contributed by atoms with E-state index in [1.54, 1.807) is 11.8 Å². The van der Waals surface area contributed by atoms with Gasteiger partial charge in [0, 0.05) is 32.8 Å². The van der Waals surface area contributed by atoms with E-state index in [0.717, 1.165) is 45.4 Å². The van der Waals surface area contributed by atoms with E-state index >= 15 is 0 Å². The first-order valence-corrected chi connectivity index (χ1v) is 10.9. The Labute approximate surface area is 178 Å². The average Bonchev–Trinajstić information content (AvgIpc) is 2.77. The minimum atomic E-state index is -0.696. The van der Waals surface area contributed by atoms with Gasteiger partial charge in [-0.3, -0.25) is 9.59 Å². The van der Waals surface area contributed by atoms with E-state index in [9.17, 15) is 14.4 Å². The van der Waals surface area contributed by atoms with Crippen LogP contribution in [0.3, 0.4) is 0 Å². The summed E-state index contributed by atoms with van der Waals surface area (Å²) in [5.74, 6) is -0.493. The molecular formula is C20H36N4O6. The molecule has 0 atom stereocenters. The maximum absolute atomic E-state index is 12.4. The Balaban J connectivity index is 1.64. The van der Waals surface area contributed by atoms with Crippen molar-refractivity contribution in [3.05, 3.63) is 0 Å². The van der Waals surface area contributed by atoms with Gasteiger partial charge in [-0.2, -0.15) is 0 Å². The van der Waals surface area contributed by atoms with Gasteiger partial charge < -0.3 is 35.0 Å². The van der Waals surface area contributed by atoms with Crippen molar-refractivity contribution in [3.8, 4) is 0 Å². The second kappa shape index (κ2) is 13.4. The number of esters is 1. The minimum absolute atomic E-state index is 0.125. The zero-order chi connectivity index (χ0) is 21.8. The molecule has 3 amide bonds. The van der Waals surface area contributed by atoms with Gasteiger partial charge >= 0.3 is 12.0 Å². The summed E-state index contributed by atoms with van der Waals surface area (Å²) < 4.78 is 10.9. The number of likely N-dealkylation sites (tertiary alicyclic amines) is 1. The summed E-state index contributed by atoms with van der Waals surface area (Å²) in [7, 11) is 0. The molecule has 0 aromatic carbocycles. The molecule has 10 nitrogen and oxygen atoms in total. The second-order valence-electron chi connectivity index (χ2n) is 7.72. The van der Waals surface area contributed by atoms with E-state index < -0.39 is 18.5 Å². The highest BCUT2D eigenvalue weighted by atomic mass is 16.5. The number of aliphatic hydroxyl groups excluding tert-OH is 1. The van der Waals surface area contributed by atoms with Crippen LogP contribution in [-0.2, 0) is 19.1 Å². The molecule has 2 aliphatic heterocycles. The molecule has 2 aliphatic rings. The van der Waals surface area contributed by atoms with Crippen molar-refractivity contribution >= 4 is 17.9 Å². The van der Waals surface area contributed by atoms with Gasteiger partial charge in [-0.25, -0.2) is 4.79 Å². The third-order valence-corrected chi connectivity index (χ3v) is 5.53. The summed E-state index contributed by atoms with van der Waals surface area (Å²) in [6.07, 6.45) is 4.15. The number of ether oxygens (including phenoxy) is 2. The molecule has 0 aromatic heterocycles. The van der Waals surface area contributed by atoms with E-state index in [-0.39, 0.29) is 38.4 Å². The predicted octanol–water partition coefficient (Wildman–Crippen LogP) is -0.439. The van der Waals surface area contributed by atoms with Gasteiger partial charge in [-0.15, -0.1) is 0 Å². The number of carbonyl (C=O) groups is 3. The quantitative estimate of drug-likeness (QED) is 0.404. The van der Waals surface area contributed by atoms with E-state index in [2.05, 4.69) is 10.6 Å². The van der Waals surface area contributed by atoms with E-state index in [1.807, 2.05) is 0 Å². The molecule has 0 bridgehead atoms. The fourth-order valence-electron chi connectivity index (χ4n) is 3.71. The largest absolute Gasteiger partial charge is 0.465 e. The summed E-state index contributed by atoms with van der Waals surface area (Å²) in [5, 5.41) is 15.2. The zero-order valence-electron chi connectivity index (χ0n) is 17.9. The number of carbonyl (C=O) groups excluding carboxylic acids is 3. The fourth-order valence-corrected chi connectivity index (χ4v) is 3.71. The molecule has 0 unspecified atom stereocenters. The maximum atomic E-state index is 12.4. The molecule has 30 heavy (non-hydrogen) atoms. The van der Waals surface area contributed by atoms with Crippen LogP contribution in [-0.4, -0.2) is 105 Å². The first-order valence-electron chi connectivity index (χ1n) is 10.9. The van der Waals surface area contributed by atoms with Crippen LogP contribution in [0.15, 0.2) is 0 Å². The Bertz CT molecular complexity index is 547. The lowest BCUT2D eigenvalue weighted by atomic mass is 9.99. The van der Waals surface area contributed by atoms with Gasteiger partial charge in [0.15, 0.2) is 0 Å². The Morgan fingerprint density at radius 1 is 1.17 bits per heavy atom. The van der Waals surface area contributed by atoms with Crippen LogP contribution < -0.4 is 10.6 Å². The average molecular weight is 429 g/mol. The molecule has 0 spiro atoms. The van der Waals surface area contributed by atoms with Crippen LogP contribution in [0.5, 0.6) is 0 Å². The van der Waals surface area contributed by atoms with Crippen LogP contribution in [0, 0.1) is 5.92 Å². The first-order chi connectivity index (χ1) is 14.5. The van der Waals surface area contributed by atoms with Gasteiger partial charge in [-0.05, 0) is 51.6 Å². The maximum Gasteiger partial charge on any atom is 0.325 e. The molecule has 2 heterocycles. The SMILES string of the molecule is CCOC(=O)CN(CCNC(=O)N1CCC(OCC2CCNCC2)CC1)C(=O)CO. The standard InChI is InChI=1S/C20H36N4O6/c1-2-29-19(27)13-24(18(26)14-25)12-9-22-20(28)23-10-5-17(6-11-23)30-15-16-3-7-21-8-4-16/h16-17,21,25H,2-15H2,1H3,(H,22,28). The lowest BCUT2D eigenvalue weighted by molar-refractivity contribution is -0.149. The van der Waals surface area contributed by atoms with Crippen molar-refractivity contribution in [2.24, 2.45) is 5.92 Å². The van der Waals surface area contributed by atoms with Crippen molar-refractivity contribution in [1.82, 2.24) is 20.4 Å². The number of aliphatic hydroxyl groups is 1. The Morgan fingerprint density at radius 2 is 1.87 bits per heavy atom. The minimum Gasteiger partial charge on any atom is -0.465 e. The number of urea groups is 1. The van der Waals surface area contributed by atoms with Crippen molar-refractivity contribution in [3.63, 3.8) is 0 Å². The number of hydrogen-bond donors (Lipinski definition) is 3. The number of rotatable bonds is 10. The molecule has 10 heteroatoms. The van der Waals surface area contributed by atoms with E-state index in [4.69, 9.17) is 14.6 Å². The fraction of sp³-hybridized carbons (Fsp3) is 0.850. The predicted molar refractivity (Wildman–Crippen MR) is 110 cm³/mol. The van der Waals surface area contributed by atoms with Crippen molar-refractivity contribution in [1.29, 1.82) is 0 Å². The van der Waals surface area contributed by atoms with Crippen LogP contribution in [0.1, 0.15) is 32.6 Å². The number of nitrogens with zero attached hydrogens (tertiary/aromatic N) is 2. The van der Waals surface area contributed by atoms with Crippen LogP contribution in [0.2, 0.25) is 0 Å². The van der Waals surface area contributed by atoms with Gasteiger partial charge in [0.2, 0.25) is 5.91 Å². The van der Waals surface area contributed by atoms with Gasteiger partial charge in [-0.1, -0.05) is 0 Å². The zero-order valence-corrected chi connectivity index (χ0v) is 17.9. The summed E-state index contributed by atoms with van der Waals surface area (Å²) >= 11 is 0. The van der Waals surface area contributed by atoms with E-state index in [0.29, 0.717) is 19.0 Å². The van der Waals surface area contributed by atoms with E-state index in [1.165, 1.54) is 4.90 Å². The Morgan fingerprint density at radius 3 is 2.50 bits per heavy atom. The van der Waals surface area contributed by atoms with Gasteiger partial charge in [0.1, 0.15) is 13.2 Å².